The minimum atomic E-state index is 0.714. The molecule has 13 heavy (non-hydrogen) atoms. The molecule has 0 unspecified atom stereocenters. The molecule has 2 heteroatoms. The third-order valence-electron chi connectivity index (χ3n) is 2.51. The minimum Gasteiger partial charge on any atom is -0.330 e. The molecule has 0 aromatic heterocycles. The van der Waals surface area contributed by atoms with Crippen LogP contribution < -0.4 is 5.73 Å². The zero-order chi connectivity index (χ0) is 9.26. The summed E-state index contributed by atoms with van der Waals surface area (Å²) in [6.07, 6.45) is 3.55. The Labute approximate surface area is 83.9 Å². The van der Waals surface area contributed by atoms with Crippen LogP contribution in [-0.2, 0) is 6.42 Å². The molecular weight excluding hydrogens is 182 g/mol. The topological polar surface area (TPSA) is 26.0 Å². The summed E-state index contributed by atoms with van der Waals surface area (Å²) in [6, 6.07) is 6.29. The summed E-state index contributed by atoms with van der Waals surface area (Å²) in [7, 11) is 0. The summed E-state index contributed by atoms with van der Waals surface area (Å²) < 4.78 is 0. The van der Waals surface area contributed by atoms with Gasteiger partial charge in [-0.25, -0.2) is 0 Å². The Kier molecular flexibility index (Phi) is 2.56. The lowest BCUT2D eigenvalue weighted by atomic mass is 10.1. The number of rotatable bonds is 3. The van der Waals surface area contributed by atoms with Gasteiger partial charge in [0, 0.05) is 5.02 Å². The largest absolute Gasteiger partial charge is 0.330 e. The third kappa shape index (κ3) is 2.04. The quantitative estimate of drug-likeness (QED) is 0.789. The first-order valence-electron chi connectivity index (χ1n) is 4.79. The highest BCUT2D eigenvalue weighted by Crippen LogP contribution is 2.43. The van der Waals surface area contributed by atoms with Gasteiger partial charge in [0.25, 0.3) is 0 Å². The van der Waals surface area contributed by atoms with E-state index in [1.165, 1.54) is 24.0 Å². The van der Waals surface area contributed by atoms with Crippen LogP contribution in [0, 0.1) is 0 Å². The van der Waals surface area contributed by atoms with Crippen molar-refractivity contribution in [2.45, 2.75) is 25.2 Å². The SMILES string of the molecule is NCCc1ccc(Cl)c(C2CC2)c1. The molecule has 0 aliphatic heterocycles. The standard InChI is InChI=1S/C11H14ClN/c12-11-4-1-8(5-6-13)7-10(11)9-2-3-9/h1,4,7,9H,2-3,5-6,13H2. The fourth-order valence-electron chi connectivity index (χ4n) is 1.62. The Hall–Kier alpha value is -0.530. The van der Waals surface area contributed by atoms with E-state index in [1.54, 1.807) is 0 Å². The van der Waals surface area contributed by atoms with Crippen LogP contribution >= 0.6 is 11.6 Å². The summed E-state index contributed by atoms with van der Waals surface area (Å²) in [6.45, 7) is 0.714. The van der Waals surface area contributed by atoms with Gasteiger partial charge < -0.3 is 5.73 Å². The van der Waals surface area contributed by atoms with Crippen molar-refractivity contribution in [3.8, 4) is 0 Å². The van der Waals surface area contributed by atoms with E-state index in [-0.39, 0.29) is 0 Å². The van der Waals surface area contributed by atoms with E-state index >= 15 is 0 Å². The van der Waals surface area contributed by atoms with Crippen LogP contribution in [0.2, 0.25) is 5.02 Å². The van der Waals surface area contributed by atoms with Crippen molar-refractivity contribution >= 4 is 11.6 Å². The Morgan fingerprint density at radius 2 is 2.15 bits per heavy atom. The molecule has 0 radical (unpaired) electrons. The maximum Gasteiger partial charge on any atom is 0.0441 e. The van der Waals surface area contributed by atoms with Crippen molar-refractivity contribution in [1.29, 1.82) is 0 Å². The average molecular weight is 196 g/mol. The van der Waals surface area contributed by atoms with Crippen molar-refractivity contribution in [2.24, 2.45) is 5.73 Å². The zero-order valence-corrected chi connectivity index (χ0v) is 8.35. The highest BCUT2D eigenvalue weighted by Gasteiger charge is 2.25. The maximum absolute atomic E-state index is 6.10. The number of hydrogen-bond donors (Lipinski definition) is 1. The molecule has 0 spiro atoms. The third-order valence-corrected chi connectivity index (χ3v) is 2.85. The lowest BCUT2D eigenvalue weighted by Crippen LogP contribution is -2.02. The Morgan fingerprint density at radius 3 is 2.77 bits per heavy atom. The number of nitrogens with two attached hydrogens (primary N) is 1. The second-order valence-corrected chi connectivity index (χ2v) is 4.08. The average Bonchev–Trinajstić information content (AvgIpc) is 2.92. The van der Waals surface area contributed by atoms with Gasteiger partial charge in [-0.15, -0.1) is 0 Å². The van der Waals surface area contributed by atoms with Crippen LogP contribution in [0.15, 0.2) is 18.2 Å². The molecule has 1 aromatic rings. The first-order chi connectivity index (χ1) is 6.31. The van der Waals surface area contributed by atoms with Gasteiger partial charge in [-0.2, -0.15) is 0 Å². The molecule has 2 rings (SSSR count). The van der Waals surface area contributed by atoms with E-state index in [2.05, 4.69) is 12.1 Å². The fourth-order valence-corrected chi connectivity index (χ4v) is 1.89. The Morgan fingerprint density at radius 1 is 1.38 bits per heavy atom. The second kappa shape index (κ2) is 3.69. The molecule has 1 aromatic carbocycles. The molecule has 70 valence electrons. The summed E-state index contributed by atoms with van der Waals surface area (Å²) in [5.41, 5.74) is 8.15. The number of halogens is 1. The maximum atomic E-state index is 6.10. The van der Waals surface area contributed by atoms with Crippen molar-refractivity contribution in [2.75, 3.05) is 6.54 Å². The lowest BCUT2D eigenvalue weighted by Gasteiger charge is -2.05. The molecule has 2 N–H and O–H groups in total. The van der Waals surface area contributed by atoms with Crippen molar-refractivity contribution in [3.05, 3.63) is 34.3 Å². The van der Waals surface area contributed by atoms with Crippen LogP contribution in [0.1, 0.15) is 29.9 Å². The fraction of sp³-hybridized carbons (Fsp3) is 0.455. The van der Waals surface area contributed by atoms with Crippen molar-refractivity contribution < 1.29 is 0 Å². The van der Waals surface area contributed by atoms with Gasteiger partial charge in [0.2, 0.25) is 0 Å². The molecule has 1 fully saturated rings. The normalized spacial score (nSPS) is 16.2. The van der Waals surface area contributed by atoms with Crippen molar-refractivity contribution in [1.82, 2.24) is 0 Å². The Balaban J connectivity index is 2.25. The first kappa shape index (κ1) is 9.04. The highest BCUT2D eigenvalue weighted by molar-refractivity contribution is 6.31. The lowest BCUT2D eigenvalue weighted by molar-refractivity contribution is 0.961. The van der Waals surface area contributed by atoms with Gasteiger partial charge >= 0.3 is 0 Å². The van der Waals surface area contributed by atoms with Crippen LogP contribution in [0.4, 0.5) is 0 Å². The van der Waals surface area contributed by atoms with E-state index in [4.69, 9.17) is 17.3 Å². The summed E-state index contributed by atoms with van der Waals surface area (Å²) in [5, 5.41) is 0.920. The molecule has 0 heterocycles. The predicted molar refractivity (Wildman–Crippen MR) is 56.2 cm³/mol. The van der Waals surface area contributed by atoms with Gasteiger partial charge in [-0.3, -0.25) is 0 Å². The molecule has 0 atom stereocenters. The highest BCUT2D eigenvalue weighted by atomic mass is 35.5. The molecule has 0 saturated heterocycles. The van der Waals surface area contributed by atoms with Gasteiger partial charge in [-0.1, -0.05) is 23.7 Å². The van der Waals surface area contributed by atoms with E-state index in [0.717, 1.165) is 17.4 Å². The monoisotopic (exact) mass is 195 g/mol. The van der Waals surface area contributed by atoms with E-state index < -0.39 is 0 Å². The molecule has 1 nitrogen and oxygen atoms in total. The summed E-state index contributed by atoms with van der Waals surface area (Å²) in [4.78, 5) is 0. The molecule has 1 aliphatic rings. The summed E-state index contributed by atoms with van der Waals surface area (Å²) >= 11 is 6.10. The van der Waals surface area contributed by atoms with Crippen LogP contribution in [0.25, 0.3) is 0 Å². The van der Waals surface area contributed by atoms with Crippen LogP contribution in [0.3, 0.4) is 0 Å². The van der Waals surface area contributed by atoms with Gasteiger partial charge in [-0.05, 0) is 48.9 Å². The van der Waals surface area contributed by atoms with E-state index in [0.29, 0.717) is 6.54 Å². The second-order valence-electron chi connectivity index (χ2n) is 3.67. The van der Waals surface area contributed by atoms with Gasteiger partial charge in [0.1, 0.15) is 0 Å². The molecular formula is C11H14ClN. The van der Waals surface area contributed by atoms with Gasteiger partial charge in [0.15, 0.2) is 0 Å². The smallest absolute Gasteiger partial charge is 0.0441 e. The van der Waals surface area contributed by atoms with Gasteiger partial charge in [0.05, 0.1) is 0 Å². The minimum absolute atomic E-state index is 0.714. The van der Waals surface area contributed by atoms with Crippen LogP contribution in [-0.4, -0.2) is 6.54 Å². The number of benzene rings is 1. The van der Waals surface area contributed by atoms with Crippen LogP contribution in [0.5, 0.6) is 0 Å². The summed E-state index contributed by atoms with van der Waals surface area (Å²) in [5.74, 6) is 0.727. The number of hydrogen-bond acceptors (Lipinski definition) is 1. The molecule has 0 bridgehead atoms. The van der Waals surface area contributed by atoms with E-state index in [9.17, 15) is 0 Å². The zero-order valence-electron chi connectivity index (χ0n) is 7.59. The molecule has 1 aliphatic carbocycles. The predicted octanol–water partition coefficient (Wildman–Crippen LogP) is 2.72. The molecule has 1 saturated carbocycles. The Bertz CT molecular complexity index is 305. The molecule has 0 amide bonds. The van der Waals surface area contributed by atoms with Crippen molar-refractivity contribution in [3.63, 3.8) is 0 Å². The van der Waals surface area contributed by atoms with E-state index in [1.807, 2.05) is 6.07 Å². The first-order valence-corrected chi connectivity index (χ1v) is 5.17.